The van der Waals surface area contributed by atoms with Crippen molar-refractivity contribution in [3.05, 3.63) is 0 Å². The molecule has 1 aliphatic carbocycles. The van der Waals surface area contributed by atoms with Crippen molar-refractivity contribution >= 4 is 17.9 Å². The van der Waals surface area contributed by atoms with Gasteiger partial charge in [-0.1, -0.05) is 0 Å². The van der Waals surface area contributed by atoms with E-state index in [0.29, 0.717) is 32.4 Å². The minimum atomic E-state index is -1.11. The van der Waals surface area contributed by atoms with Gasteiger partial charge in [-0.05, 0) is 32.6 Å². The van der Waals surface area contributed by atoms with Crippen molar-refractivity contribution in [2.24, 2.45) is 5.41 Å². The Balaban J connectivity index is 1.98. The van der Waals surface area contributed by atoms with E-state index in [4.69, 9.17) is 0 Å². The number of nitrogens with one attached hydrogen (secondary N) is 2. The summed E-state index contributed by atoms with van der Waals surface area (Å²) >= 11 is 0. The zero-order chi connectivity index (χ0) is 15.0. The molecule has 0 aromatic rings. The fraction of sp³-hybridized carbons (Fsp3) is 0.769. The molecule has 1 aliphatic heterocycles. The van der Waals surface area contributed by atoms with Gasteiger partial charge in [0.15, 0.2) is 0 Å². The molecule has 3 amide bonds. The first kappa shape index (κ1) is 14.6. The smallest absolute Gasteiger partial charge is 0.329 e. The molecule has 2 rings (SSSR count). The lowest BCUT2D eigenvalue weighted by Gasteiger charge is -2.39. The van der Waals surface area contributed by atoms with Crippen LogP contribution in [0.2, 0.25) is 0 Å². The fourth-order valence-electron chi connectivity index (χ4n) is 2.83. The number of hydrogen-bond donors (Lipinski definition) is 3. The minimum absolute atomic E-state index is 0.0932. The van der Waals surface area contributed by atoms with Crippen molar-refractivity contribution in [2.45, 2.75) is 38.1 Å². The molecule has 0 radical (unpaired) electrons. The van der Waals surface area contributed by atoms with Crippen LogP contribution in [-0.2, 0) is 9.59 Å². The van der Waals surface area contributed by atoms with Gasteiger partial charge < -0.3 is 20.6 Å². The molecule has 0 bridgehead atoms. The van der Waals surface area contributed by atoms with E-state index in [-0.39, 0.29) is 11.9 Å². The van der Waals surface area contributed by atoms with Gasteiger partial charge in [-0.3, -0.25) is 4.79 Å². The first-order valence-electron chi connectivity index (χ1n) is 6.86. The van der Waals surface area contributed by atoms with Gasteiger partial charge in [0.2, 0.25) is 5.91 Å². The Bertz CT molecular complexity index is 447. The average molecular weight is 283 g/mol. The summed E-state index contributed by atoms with van der Waals surface area (Å²) in [6.45, 7) is 2.59. The van der Waals surface area contributed by atoms with E-state index in [2.05, 4.69) is 10.6 Å². The molecule has 112 valence electrons. The highest BCUT2D eigenvalue weighted by Crippen LogP contribution is 2.34. The molecule has 1 unspecified atom stereocenters. The van der Waals surface area contributed by atoms with Crippen LogP contribution in [0.4, 0.5) is 4.79 Å². The van der Waals surface area contributed by atoms with Gasteiger partial charge in [0.1, 0.15) is 5.54 Å². The highest BCUT2D eigenvalue weighted by molar-refractivity contribution is 5.88. The van der Waals surface area contributed by atoms with E-state index >= 15 is 0 Å². The molecule has 1 saturated carbocycles. The van der Waals surface area contributed by atoms with Crippen molar-refractivity contribution in [3.63, 3.8) is 0 Å². The Labute approximate surface area is 117 Å². The van der Waals surface area contributed by atoms with Gasteiger partial charge in [0.25, 0.3) is 0 Å². The fourth-order valence-corrected chi connectivity index (χ4v) is 2.83. The van der Waals surface area contributed by atoms with Crippen LogP contribution in [0.5, 0.6) is 0 Å². The number of nitrogens with zero attached hydrogens (tertiary/aromatic N) is 1. The minimum Gasteiger partial charge on any atom is -0.480 e. The van der Waals surface area contributed by atoms with E-state index in [1.807, 2.05) is 6.92 Å². The van der Waals surface area contributed by atoms with E-state index in [0.717, 1.165) is 6.42 Å². The topological polar surface area (TPSA) is 98.7 Å². The molecule has 0 aromatic heterocycles. The first-order chi connectivity index (χ1) is 9.33. The Kier molecular flexibility index (Phi) is 3.62. The lowest BCUT2D eigenvalue weighted by Crippen LogP contribution is -2.61. The Morgan fingerprint density at radius 3 is 2.30 bits per heavy atom. The molecule has 0 aromatic carbocycles. The van der Waals surface area contributed by atoms with Crippen molar-refractivity contribution in [1.29, 1.82) is 0 Å². The van der Waals surface area contributed by atoms with Crippen LogP contribution >= 0.6 is 0 Å². The largest absolute Gasteiger partial charge is 0.480 e. The molecule has 7 heteroatoms. The van der Waals surface area contributed by atoms with E-state index in [1.165, 1.54) is 4.90 Å². The number of carbonyl (C=O) groups is 3. The van der Waals surface area contributed by atoms with Gasteiger partial charge in [-0.2, -0.15) is 0 Å². The monoisotopic (exact) mass is 283 g/mol. The zero-order valence-electron chi connectivity index (χ0n) is 11.9. The molecule has 1 saturated heterocycles. The van der Waals surface area contributed by atoms with Gasteiger partial charge >= 0.3 is 12.0 Å². The summed E-state index contributed by atoms with van der Waals surface area (Å²) in [5, 5.41) is 14.4. The number of rotatable bonds is 3. The third kappa shape index (κ3) is 2.32. The molecule has 0 spiro atoms. The van der Waals surface area contributed by atoms with Crippen molar-refractivity contribution < 1.29 is 19.5 Å². The number of aliphatic carboxylic acids is 1. The van der Waals surface area contributed by atoms with Crippen molar-refractivity contribution in [3.8, 4) is 0 Å². The van der Waals surface area contributed by atoms with Gasteiger partial charge in [-0.15, -0.1) is 0 Å². The van der Waals surface area contributed by atoms with E-state index in [9.17, 15) is 19.5 Å². The molecular weight excluding hydrogens is 262 g/mol. The molecule has 7 nitrogen and oxygen atoms in total. The van der Waals surface area contributed by atoms with Crippen molar-refractivity contribution in [1.82, 2.24) is 15.5 Å². The number of likely N-dealkylation sites (tertiary alicyclic amines) is 1. The predicted octanol–water partition coefficient (Wildman–Crippen LogP) is 0.161. The Morgan fingerprint density at radius 1 is 1.20 bits per heavy atom. The van der Waals surface area contributed by atoms with Crippen LogP contribution in [-0.4, -0.2) is 53.6 Å². The summed E-state index contributed by atoms with van der Waals surface area (Å²) in [7, 11) is 1.57. The van der Waals surface area contributed by atoms with Crippen LogP contribution < -0.4 is 10.6 Å². The zero-order valence-corrected chi connectivity index (χ0v) is 11.9. The third-order valence-electron chi connectivity index (χ3n) is 4.50. The standard InChI is InChI=1S/C13H21N3O4/c1-12(9(17)14-2)6-7-16(8-12)11(20)15-13(10(18)19)4-3-5-13/h3-8H2,1-2H3,(H,14,17)(H,15,20)(H,18,19). The summed E-state index contributed by atoms with van der Waals surface area (Å²) in [4.78, 5) is 36.7. The number of carboxylic acid groups (broad SMARTS) is 1. The number of carbonyl (C=O) groups excluding carboxylic acids is 2. The van der Waals surface area contributed by atoms with Crippen LogP contribution in [0.25, 0.3) is 0 Å². The second-order valence-electron chi connectivity index (χ2n) is 5.98. The Hall–Kier alpha value is -1.79. The average Bonchev–Trinajstić information content (AvgIpc) is 2.76. The van der Waals surface area contributed by atoms with Crippen LogP contribution in [0.3, 0.4) is 0 Å². The van der Waals surface area contributed by atoms with Gasteiger partial charge in [0.05, 0.1) is 5.41 Å². The maximum absolute atomic E-state index is 12.2. The van der Waals surface area contributed by atoms with Gasteiger partial charge in [0, 0.05) is 20.1 Å². The summed E-state index contributed by atoms with van der Waals surface area (Å²) < 4.78 is 0. The van der Waals surface area contributed by atoms with Crippen LogP contribution in [0.1, 0.15) is 32.6 Å². The van der Waals surface area contributed by atoms with Gasteiger partial charge in [-0.25, -0.2) is 9.59 Å². The third-order valence-corrected chi connectivity index (χ3v) is 4.50. The number of urea groups is 1. The second-order valence-corrected chi connectivity index (χ2v) is 5.98. The van der Waals surface area contributed by atoms with E-state index in [1.54, 1.807) is 7.05 Å². The maximum Gasteiger partial charge on any atom is 0.329 e. The van der Waals surface area contributed by atoms with Crippen LogP contribution in [0.15, 0.2) is 0 Å². The number of amides is 3. The molecule has 3 N–H and O–H groups in total. The summed E-state index contributed by atoms with van der Waals surface area (Å²) in [5.41, 5.74) is -1.70. The van der Waals surface area contributed by atoms with Crippen molar-refractivity contribution in [2.75, 3.05) is 20.1 Å². The Morgan fingerprint density at radius 2 is 1.85 bits per heavy atom. The molecule has 2 aliphatic rings. The van der Waals surface area contributed by atoms with Crippen LogP contribution in [0, 0.1) is 5.41 Å². The molecule has 2 fully saturated rings. The predicted molar refractivity (Wildman–Crippen MR) is 71.1 cm³/mol. The molecule has 1 heterocycles. The highest BCUT2D eigenvalue weighted by Gasteiger charge is 2.48. The molecule has 20 heavy (non-hydrogen) atoms. The molecule has 1 atom stereocenters. The normalized spacial score (nSPS) is 27.6. The van der Waals surface area contributed by atoms with E-state index < -0.39 is 16.9 Å². The summed E-state index contributed by atoms with van der Waals surface area (Å²) in [6, 6.07) is -0.389. The lowest BCUT2D eigenvalue weighted by atomic mass is 9.77. The summed E-state index contributed by atoms with van der Waals surface area (Å²) in [6.07, 6.45) is 2.33. The lowest BCUT2D eigenvalue weighted by molar-refractivity contribution is -0.148. The number of carboxylic acids is 1. The quantitative estimate of drug-likeness (QED) is 0.687. The first-order valence-corrected chi connectivity index (χ1v) is 6.86. The summed E-state index contributed by atoms with van der Waals surface area (Å²) in [5.74, 6) is -1.07. The highest BCUT2D eigenvalue weighted by atomic mass is 16.4. The maximum atomic E-state index is 12.2. The molecular formula is C13H21N3O4. The number of hydrogen-bond acceptors (Lipinski definition) is 3. The SMILES string of the molecule is CNC(=O)C1(C)CCN(C(=O)NC2(C(=O)O)CCC2)C1. The second kappa shape index (κ2) is 4.96.